The van der Waals surface area contributed by atoms with Crippen LogP contribution in [0.3, 0.4) is 0 Å². The predicted molar refractivity (Wildman–Crippen MR) is 125 cm³/mol. The average Bonchev–Trinajstić information content (AvgIpc) is 3.14. The summed E-state index contributed by atoms with van der Waals surface area (Å²) in [7, 11) is 0. The van der Waals surface area contributed by atoms with Crippen LogP contribution in [0, 0.1) is 0 Å². The third-order valence-electron chi connectivity index (χ3n) is 5.20. The summed E-state index contributed by atoms with van der Waals surface area (Å²) in [5, 5.41) is 12.8. The van der Waals surface area contributed by atoms with Gasteiger partial charge in [-0.15, -0.1) is 11.3 Å². The molecule has 1 aromatic heterocycles. The van der Waals surface area contributed by atoms with Gasteiger partial charge in [0.25, 0.3) is 0 Å². The van der Waals surface area contributed by atoms with E-state index in [1.165, 1.54) is 11.3 Å². The molecule has 4 rings (SSSR count). The zero-order chi connectivity index (χ0) is 22.8. The molecule has 2 N–H and O–H groups in total. The summed E-state index contributed by atoms with van der Waals surface area (Å²) in [5.41, 5.74) is 2.79. The van der Waals surface area contributed by atoms with E-state index in [1.54, 1.807) is 0 Å². The van der Waals surface area contributed by atoms with E-state index in [0.717, 1.165) is 16.0 Å². The fraction of sp³-hybridized carbons (Fsp3) is 0.280. The third-order valence-corrected chi connectivity index (χ3v) is 6.49. The molecule has 1 unspecified atom stereocenters. The Bertz CT molecular complexity index is 1150. The second-order valence-electron chi connectivity index (χ2n) is 7.83. The molecule has 166 valence electrons. The summed E-state index contributed by atoms with van der Waals surface area (Å²) < 4.78 is 11.7. The standard InChI is InChI=1S/C25H25NO5S/c1-4-30-19-12-16(10-11-18(19)31-14(2)3)17-13-20(27)26-22-21(15-8-6-5-7-9-15)24(25(28)29)32-23(17)22/h5-12,14,17H,4,13H2,1-3H3,(H,26,27)(H,28,29). The highest BCUT2D eigenvalue weighted by molar-refractivity contribution is 7.15. The number of rotatable bonds is 7. The highest BCUT2D eigenvalue weighted by Crippen LogP contribution is 2.50. The number of carboxylic acid groups (broad SMARTS) is 1. The van der Waals surface area contributed by atoms with Crippen molar-refractivity contribution in [3.05, 3.63) is 63.8 Å². The fourth-order valence-electron chi connectivity index (χ4n) is 3.95. The zero-order valence-electron chi connectivity index (χ0n) is 18.2. The highest BCUT2D eigenvalue weighted by Gasteiger charge is 2.34. The van der Waals surface area contributed by atoms with Crippen LogP contribution in [-0.4, -0.2) is 29.7 Å². The van der Waals surface area contributed by atoms with E-state index < -0.39 is 5.97 Å². The molecule has 3 aromatic rings. The van der Waals surface area contributed by atoms with E-state index in [2.05, 4.69) is 5.32 Å². The molecule has 1 amide bonds. The lowest BCUT2D eigenvalue weighted by atomic mass is 9.88. The van der Waals surface area contributed by atoms with Crippen LogP contribution in [-0.2, 0) is 4.79 Å². The minimum Gasteiger partial charge on any atom is -0.490 e. The van der Waals surface area contributed by atoms with Crippen molar-refractivity contribution in [3.63, 3.8) is 0 Å². The normalized spacial score (nSPS) is 15.2. The zero-order valence-corrected chi connectivity index (χ0v) is 19.0. The first kappa shape index (κ1) is 21.9. The van der Waals surface area contributed by atoms with Crippen LogP contribution in [0.25, 0.3) is 11.1 Å². The molecule has 32 heavy (non-hydrogen) atoms. The molecular weight excluding hydrogens is 426 g/mol. The summed E-state index contributed by atoms with van der Waals surface area (Å²) in [4.78, 5) is 25.8. The van der Waals surface area contributed by atoms with Gasteiger partial charge in [-0.1, -0.05) is 36.4 Å². The van der Waals surface area contributed by atoms with Gasteiger partial charge in [-0.3, -0.25) is 4.79 Å². The topological polar surface area (TPSA) is 84.9 Å². The Morgan fingerprint density at radius 1 is 1.19 bits per heavy atom. The van der Waals surface area contributed by atoms with Crippen LogP contribution in [0.2, 0.25) is 0 Å². The van der Waals surface area contributed by atoms with Crippen molar-refractivity contribution < 1.29 is 24.2 Å². The molecule has 1 aliphatic heterocycles. The molecule has 1 atom stereocenters. The lowest BCUT2D eigenvalue weighted by Gasteiger charge is -2.25. The number of ether oxygens (including phenoxy) is 2. The van der Waals surface area contributed by atoms with Gasteiger partial charge < -0.3 is 19.9 Å². The van der Waals surface area contributed by atoms with Crippen LogP contribution in [0.1, 0.15) is 53.2 Å². The number of carbonyl (C=O) groups excluding carboxylic acids is 1. The van der Waals surface area contributed by atoms with Crippen LogP contribution in [0.5, 0.6) is 11.5 Å². The van der Waals surface area contributed by atoms with Crippen LogP contribution in [0.15, 0.2) is 48.5 Å². The number of nitrogens with one attached hydrogen (secondary N) is 1. The van der Waals surface area contributed by atoms with E-state index in [1.807, 2.05) is 69.3 Å². The third kappa shape index (κ3) is 4.21. The number of amides is 1. The predicted octanol–water partition coefficient (Wildman–Crippen LogP) is 5.77. The van der Waals surface area contributed by atoms with Crippen LogP contribution < -0.4 is 14.8 Å². The van der Waals surface area contributed by atoms with E-state index in [0.29, 0.717) is 29.4 Å². The van der Waals surface area contributed by atoms with Gasteiger partial charge in [0.05, 0.1) is 18.4 Å². The van der Waals surface area contributed by atoms with E-state index in [9.17, 15) is 14.7 Å². The molecule has 0 saturated carbocycles. The van der Waals surface area contributed by atoms with Gasteiger partial charge in [-0.2, -0.15) is 0 Å². The number of carboxylic acids is 1. The molecule has 6 nitrogen and oxygen atoms in total. The van der Waals surface area contributed by atoms with Crippen molar-refractivity contribution in [2.24, 2.45) is 0 Å². The summed E-state index contributed by atoms with van der Waals surface area (Å²) in [6, 6.07) is 15.0. The van der Waals surface area contributed by atoms with E-state index >= 15 is 0 Å². The van der Waals surface area contributed by atoms with Crippen LogP contribution in [0.4, 0.5) is 5.69 Å². The highest BCUT2D eigenvalue weighted by atomic mass is 32.1. The molecule has 2 heterocycles. The molecule has 0 saturated heterocycles. The van der Waals surface area contributed by atoms with Crippen molar-refractivity contribution >= 4 is 28.9 Å². The summed E-state index contributed by atoms with van der Waals surface area (Å²) in [5.74, 6) is -0.161. The molecule has 0 aliphatic carbocycles. The van der Waals surface area contributed by atoms with Gasteiger partial charge in [0.1, 0.15) is 4.88 Å². The van der Waals surface area contributed by atoms with Gasteiger partial charge >= 0.3 is 5.97 Å². The maximum absolute atomic E-state index is 12.7. The monoisotopic (exact) mass is 451 g/mol. The van der Waals surface area contributed by atoms with Crippen molar-refractivity contribution in [2.45, 2.75) is 39.2 Å². The fourth-order valence-corrected chi connectivity index (χ4v) is 5.19. The molecule has 2 aromatic carbocycles. The summed E-state index contributed by atoms with van der Waals surface area (Å²) in [6.45, 7) is 6.29. The van der Waals surface area contributed by atoms with Gasteiger partial charge in [-0.05, 0) is 44.0 Å². The van der Waals surface area contributed by atoms with Gasteiger partial charge in [-0.25, -0.2) is 4.79 Å². The second kappa shape index (κ2) is 9.04. The number of carbonyl (C=O) groups is 2. The van der Waals surface area contributed by atoms with E-state index in [-0.39, 0.29) is 29.2 Å². The first-order valence-electron chi connectivity index (χ1n) is 10.6. The first-order valence-corrected chi connectivity index (χ1v) is 11.4. The van der Waals surface area contributed by atoms with Crippen molar-refractivity contribution in [3.8, 4) is 22.6 Å². The largest absolute Gasteiger partial charge is 0.490 e. The maximum Gasteiger partial charge on any atom is 0.346 e. The first-order chi connectivity index (χ1) is 15.4. The Labute approximate surface area is 190 Å². The van der Waals surface area contributed by atoms with E-state index in [4.69, 9.17) is 9.47 Å². The second-order valence-corrected chi connectivity index (χ2v) is 8.88. The molecular formula is C25H25NO5S. The van der Waals surface area contributed by atoms with Gasteiger partial charge in [0.2, 0.25) is 5.91 Å². The molecule has 7 heteroatoms. The Kier molecular flexibility index (Phi) is 6.19. The summed E-state index contributed by atoms with van der Waals surface area (Å²) >= 11 is 1.22. The number of anilines is 1. The molecule has 0 bridgehead atoms. The summed E-state index contributed by atoms with van der Waals surface area (Å²) in [6.07, 6.45) is 0.229. The van der Waals surface area contributed by atoms with Gasteiger partial charge in [0.15, 0.2) is 11.5 Å². The Morgan fingerprint density at radius 2 is 1.94 bits per heavy atom. The smallest absolute Gasteiger partial charge is 0.346 e. The minimum atomic E-state index is -1.01. The molecule has 1 aliphatic rings. The number of thiophene rings is 1. The number of hydrogen-bond acceptors (Lipinski definition) is 5. The number of hydrogen-bond donors (Lipinski definition) is 2. The number of aromatic carboxylic acids is 1. The quantitative estimate of drug-likeness (QED) is 0.476. The minimum absolute atomic E-state index is 0.00373. The van der Waals surface area contributed by atoms with Crippen molar-refractivity contribution in [2.75, 3.05) is 11.9 Å². The Morgan fingerprint density at radius 3 is 2.59 bits per heavy atom. The lowest BCUT2D eigenvalue weighted by Crippen LogP contribution is -2.22. The Balaban J connectivity index is 1.85. The van der Waals surface area contributed by atoms with Crippen LogP contribution >= 0.6 is 11.3 Å². The molecule has 0 spiro atoms. The lowest BCUT2D eigenvalue weighted by molar-refractivity contribution is -0.116. The maximum atomic E-state index is 12.7. The Hall–Kier alpha value is -3.32. The SMILES string of the molecule is CCOc1cc(C2CC(=O)Nc3c2sc(C(=O)O)c3-c2ccccc2)ccc1OC(C)C. The average molecular weight is 452 g/mol. The van der Waals surface area contributed by atoms with Gasteiger partial charge in [0, 0.05) is 22.8 Å². The van der Waals surface area contributed by atoms with Crippen molar-refractivity contribution in [1.82, 2.24) is 0 Å². The number of fused-ring (bicyclic) bond motifs is 1. The van der Waals surface area contributed by atoms with Crippen molar-refractivity contribution in [1.29, 1.82) is 0 Å². The molecule has 0 radical (unpaired) electrons. The molecule has 0 fully saturated rings. The number of benzene rings is 2.